The maximum absolute atomic E-state index is 5.63. The van der Waals surface area contributed by atoms with Gasteiger partial charge in [0.15, 0.2) is 5.11 Å². The zero-order chi connectivity index (χ0) is 13.7. The molecule has 0 saturated heterocycles. The van der Waals surface area contributed by atoms with Crippen LogP contribution in [0.25, 0.3) is 0 Å². The molecule has 0 saturated carbocycles. The minimum atomic E-state index is 0.601. The van der Waals surface area contributed by atoms with Gasteiger partial charge < -0.3 is 16.4 Å². The summed E-state index contributed by atoms with van der Waals surface area (Å²) in [5, 5.41) is 6.89. The average Bonchev–Trinajstić information content (AvgIpc) is 2.39. The minimum Gasteiger partial charge on any atom is -0.399 e. The normalized spacial score (nSPS) is 9.95. The van der Waals surface area contributed by atoms with E-state index in [1.807, 2.05) is 30.3 Å². The molecule has 0 spiro atoms. The van der Waals surface area contributed by atoms with E-state index in [-0.39, 0.29) is 0 Å². The van der Waals surface area contributed by atoms with E-state index in [9.17, 15) is 0 Å². The van der Waals surface area contributed by atoms with Gasteiger partial charge in [-0.2, -0.15) is 0 Å². The molecule has 0 heterocycles. The summed E-state index contributed by atoms with van der Waals surface area (Å²) in [5.41, 5.74) is 8.50. The number of thiocarbonyl (C=S) groups is 1. The molecule has 0 aromatic heterocycles. The van der Waals surface area contributed by atoms with E-state index in [1.54, 1.807) is 0 Å². The van der Waals surface area contributed by atoms with Crippen molar-refractivity contribution in [3.05, 3.63) is 57.7 Å². The smallest absolute Gasteiger partial charge is 0.171 e. The van der Waals surface area contributed by atoms with Gasteiger partial charge in [-0.05, 0) is 76.8 Å². The monoisotopic (exact) mass is 383 g/mol. The number of nitrogens with two attached hydrogens (primary N) is 1. The summed E-state index contributed by atoms with van der Waals surface area (Å²) in [6.45, 7) is 0.706. The Hall–Kier alpha value is -1.34. The van der Waals surface area contributed by atoms with E-state index in [0.29, 0.717) is 11.7 Å². The van der Waals surface area contributed by atoms with Crippen LogP contribution in [0.3, 0.4) is 0 Å². The lowest BCUT2D eigenvalue weighted by atomic mass is 10.2. The fourth-order valence-electron chi connectivity index (χ4n) is 1.57. The predicted molar refractivity (Wildman–Crippen MR) is 93.1 cm³/mol. The summed E-state index contributed by atoms with van der Waals surface area (Å²) in [7, 11) is 0. The van der Waals surface area contributed by atoms with Crippen LogP contribution < -0.4 is 16.4 Å². The fourth-order valence-corrected chi connectivity index (χ4v) is 2.37. The van der Waals surface area contributed by atoms with Gasteiger partial charge in [0.2, 0.25) is 0 Å². The van der Waals surface area contributed by atoms with Crippen molar-refractivity contribution >= 4 is 51.3 Å². The molecular weight excluding hydrogens is 369 g/mol. The first-order chi connectivity index (χ1) is 9.13. The van der Waals surface area contributed by atoms with Gasteiger partial charge >= 0.3 is 0 Å². The standard InChI is InChI=1S/C14H14IN3S/c15-11-3-1-2-10(8-11)9-17-14(19)18-13-6-4-12(16)5-7-13/h1-8H,9,16H2,(H2,17,18,19). The SMILES string of the molecule is Nc1ccc(NC(=S)NCc2cccc(I)c2)cc1. The summed E-state index contributed by atoms with van der Waals surface area (Å²) in [5.74, 6) is 0. The highest BCUT2D eigenvalue weighted by molar-refractivity contribution is 14.1. The molecule has 2 aromatic carbocycles. The number of anilines is 2. The Balaban J connectivity index is 1.86. The second kappa shape index (κ2) is 6.72. The molecule has 2 aromatic rings. The quantitative estimate of drug-likeness (QED) is 0.432. The fraction of sp³-hybridized carbons (Fsp3) is 0.0714. The van der Waals surface area contributed by atoms with E-state index in [0.717, 1.165) is 11.4 Å². The van der Waals surface area contributed by atoms with E-state index < -0.39 is 0 Å². The zero-order valence-electron chi connectivity index (χ0n) is 10.2. The second-order valence-corrected chi connectivity index (χ2v) is 5.71. The van der Waals surface area contributed by atoms with Gasteiger partial charge in [0.25, 0.3) is 0 Å². The molecule has 4 N–H and O–H groups in total. The molecule has 0 amide bonds. The summed E-state index contributed by atoms with van der Waals surface area (Å²) in [6.07, 6.45) is 0. The first-order valence-corrected chi connectivity index (χ1v) is 7.27. The number of rotatable bonds is 3. The van der Waals surface area contributed by atoms with E-state index in [1.165, 1.54) is 9.13 Å². The number of nitrogen functional groups attached to an aromatic ring is 1. The largest absolute Gasteiger partial charge is 0.399 e. The molecule has 0 aliphatic rings. The summed E-state index contributed by atoms with van der Waals surface area (Å²) >= 11 is 7.54. The van der Waals surface area contributed by atoms with Gasteiger partial charge in [-0.25, -0.2) is 0 Å². The molecule has 5 heteroatoms. The van der Waals surface area contributed by atoms with E-state index >= 15 is 0 Å². The van der Waals surface area contributed by atoms with Crippen molar-refractivity contribution in [2.75, 3.05) is 11.1 Å². The summed E-state index contributed by atoms with van der Waals surface area (Å²) in [6, 6.07) is 15.8. The van der Waals surface area contributed by atoms with Crippen LogP contribution in [0, 0.1) is 3.57 Å². The second-order valence-electron chi connectivity index (χ2n) is 4.06. The van der Waals surface area contributed by atoms with Crippen molar-refractivity contribution in [2.24, 2.45) is 0 Å². The highest BCUT2D eigenvalue weighted by Gasteiger charge is 1.98. The molecule has 0 aliphatic heterocycles. The van der Waals surface area contributed by atoms with Crippen LogP contribution >= 0.6 is 34.8 Å². The first-order valence-electron chi connectivity index (χ1n) is 5.78. The van der Waals surface area contributed by atoms with Gasteiger partial charge in [0.1, 0.15) is 0 Å². The number of halogens is 1. The van der Waals surface area contributed by atoms with Crippen LogP contribution in [-0.2, 0) is 6.54 Å². The van der Waals surface area contributed by atoms with Gasteiger partial charge in [-0.15, -0.1) is 0 Å². The van der Waals surface area contributed by atoms with Gasteiger partial charge in [0.05, 0.1) is 0 Å². The van der Waals surface area contributed by atoms with Crippen molar-refractivity contribution in [3.8, 4) is 0 Å². The van der Waals surface area contributed by atoms with Crippen molar-refractivity contribution in [1.29, 1.82) is 0 Å². The van der Waals surface area contributed by atoms with Crippen molar-refractivity contribution in [2.45, 2.75) is 6.54 Å². The van der Waals surface area contributed by atoms with E-state index in [2.05, 4.69) is 51.4 Å². The maximum Gasteiger partial charge on any atom is 0.171 e. The maximum atomic E-state index is 5.63. The van der Waals surface area contributed by atoms with Crippen LogP contribution in [0.5, 0.6) is 0 Å². The van der Waals surface area contributed by atoms with Crippen LogP contribution in [0.1, 0.15) is 5.56 Å². The highest BCUT2D eigenvalue weighted by Crippen LogP contribution is 2.10. The van der Waals surface area contributed by atoms with Crippen LogP contribution in [0.4, 0.5) is 11.4 Å². The zero-order valence-corrected chi connectivity index (χ0v) is 13.2. The molecule has 0 aliphatic carbocycles. The molecule has 0 atom stereocenters. The first kappa shape index (κ1) is 14.1. The molecule has 2 rings (SSSR count). The molecule has 98 valence electrons. The molecule has 0 fully saturated rings. The molecule has 0 radical (unpaired) electrons. The lowest BCUT2D eigenvalue weighted by Crippen LogP contribution is -2.27. The highest BCUT2D eigenvalue weighted by atomic mass is 127. The summed E-state index contributed by atoms with van der Waals surface area (Å²) < 4.78 is 1.22. The Morgan fingerprint density at radius 3 is 2.58 bits per heavy atom. The van der Waals surface area contributed by atoms with Crippen LogP contribution in [0.2, 0.25) is 0 Å². The van der Waals surface area contributed by atoms with Crippen molar-refractivity contribution < 1.29 is 0 Å². The number of hydrogen-bond donors (Lipinski definition) is 3. The Kier molecular flexibility index (Phi) is 4.98. The Morgan fingerprint density at radius 1 is 1.16 bits per heavy atom. The average molecular weight is 383 g/mol. The third-order valence-corrected chi connectivity index (χ3v) is 3.43. The number of hydrogen-bond acceptors (Lipinski definition) is 2. The van der Waals surface area contributed by atoms with E-state index in [4.69, 9.17) is 18.0 Å². The lowest BCUT2D eigenvalue weighted by molar-refractivity contribution is 0.925. The van der Waals surface area contributed by atoms with Crippen LogP contribution in [0.15, 0.2) is 48.5 Å². The topological polar surface area (TPSA) is 50.1 Å². The lowest BCUT2D eigenvalue weighted by Gasteiger charge is -2.11. The summed E-state index contributed by atoms with van der Waals surface area (Å²) in [4.78, 5) is 0. The Bertz CT molecular complexity index is 569. The third-order valence-electron chi connectivity index (χ3n) is 2.51. The molecule has 3 nitrogen and oxygen atoms in total. The van der Waals surface area contributed by atoms with Crippen LogP contribution in [-0.4, -0.2) is 5.11 Å². The Labute approximate surface area is 131 Å². The predicted octanol–water partition coefficient (Wildman–Crippen LogP) is 3.36. The minimum absolute atomic E-state index is 0.601. The van der Waals surface area contributed by atoms with Gasteiger partial charge in [-0.3, -0.25) is 0 Å². The molecule has 19 heavy (non-hydrogen) atoms. The van der Waals surface area contributed by atoms with Gasteiger partial charge in [0, 0.05) is 21.5 Å². The van der Waals surface area contributed by atoms with Gasteiger partial charge in [-0.1, -0.05) is 12.1 Å². The molecule has 0 bridgehead atoms. The van der Waals surface area contributed by atoms with Crippen molar-refractivity contribution in [1.82, 2.24) is 5.32 Å². The number of benzene rings is 2. The third kappa shape index (κ3) is 4.68. The Morgan fingerprint density at radius 2 is 1.89 bits per heavy atom. The molecule has 0 unspecified atom stereocenters. The number of nitrogens with one attached hydrogen (secondary N) is 2. The van der Waals surface area contributed by atoms with Crippen molar-refractivity contribution in [3.63, 3.8) is 0 Å². The molecular formula is C14H14IN3S.